The van der Waals surface area contributed by atoms with E-state index in [1.54, 1.807) is 6.92 Å². The molecule has 1 heterocycles. The molecule has 1 aromatic heterocycles. The Labute approximate surface area is 110 Å². The fraction of sp³-hybridized carbons (Fsp3) is 0.308. The van der Waals surface area contributed by atoms with E-state index >= 15 is 0 Å². The van der Waals surface area contributed by atoms with Crippen molar-refractivity contribution in [2.45, 2.75) is 19.4 Å². The van der Waals surface area contributed by atoms with Crippen LogP contribution in [-0.2, 0) is 16.0 Å². The number of nitrogens with one attached hydrogen (secondary N) is 1. The van der Waals surface area contributed by atoms with Crippen molar-refractivity contribution in [3.05, 3.63) is 35.0 Å². The summed E-state index contributed by atoms with van der Waals surface area (Å²) in [6.07, 6.45) is 2.28. The molecule has 2 aromatic rings. The average Bonchev–Trinajstić information content (AvgIpc) is 2.72. The summed E-state index contributed by atoms with van der Waals surface area (Å²) in [5.74, 6) is -0.381. The topological polar surface area (TPSA) is 68.1 Å². The smallest absolute Gasteiger partial charge is 0.323 e. The van der Waals surface area contributed by atoms with Crippen molar-refractivity contribution in [2.75, 3.05) is 6.61 Å². The van der Waals surface area contributed by atoms with E-state index in [1.807, 2.05) is 24.4 Å². The van der Waals surface area contributed by atoms with Crippen LogP contribution < -0.4 is 5.73 Å². The minimum atomic E-state index is -0.650. The highest BCUT2D eigenvalue weighted by molar-refractivity contribution is 6.31. The van der Waals surface area contributed by atoms with Crippen LogP contribution >= 0.6 is 11.6 Å². The number of aromatic nitrogens is 1. The number of benzene rings is 1. The lowest BCUT2D eigenvalue weighted by Gasteiger charge is -2.09. The molecule has 0 amide bonds. The highest BCUT2D eigenvalue weighted by Gasteiger charge is 2.17. The van der Waals surface area contributed by atoms with Gasteiger partial charge in [0, 0.05) is 28.5 Å². The lowest BCUT2D eigenvalue weighted by Crippen LogP contribution is -2.34. The zero-order valence-corrected chi connectivity index (χ0v) is 10.8. The summed E-state index contributed by atoms with van der Waals surface area (Å²) >= 11 is 5.96. The minimum Gasteiger partial charge on any atom is -0.465 e. The molecule has 0 radical (unpaired) electrons. The van der Waals surface area contributed by atoms with Gasteiger partial charge in [0.15, 0.2) is 0 Å². The van der Waals surface area contributed by atoms with Crippen molar-refractivity contribution in [3.8, 4) is 0 Å². The molecule has 0 fully saturated rings. The lowest BCUT2D eigenvalue weighted by atomic mass is 10.1. The van der Waals surface area contributed by atoms with Gasteiger partial charge in [0.25, 0.3) is 0 Å². The van der Waals surface area contributed by atoms with E-state index in [4.69, 9.17) is 22.1 Å². The van der Waals surface area contributed by atoms with E-state index in [0.717, 1.165) is 16.5 Å². The van der Waals surface area contributed by atoms with E-state index in [0.29, 0.717) is 18.1 Å². The van der Waals surface area contributed by atoms with Crippen LogP contribution in [0.4, 0.5) is 0 Å². The zero-order chi connectivity index (χ0) is 13.1. The van der Waals surface area contributed by atoms with Crippen molar-refractivity contribution >= 4 is 28.5 Å². The van der Waals surface area contributed by atoms with Crippen LogP contribution in [0, 0.1) is 0 Å². The first kappa shape index (κ1) is 12.9. The second-order valence-corrected chi connectivity index (χ2v) is 4.50. The van der Waals surface area contributed by atoms with Gasteiger partial charge in [-0.15, -0.1) is 0 Å². The first-order valence-electron chi connectivity index (χ1n) is 5.79. The number of hydrogen-bond acceptors (Lipinski definition) is 3. The number of H-pyrrole nitrogens is 1. The first-order valence-corrected chi connectivity index (χ1v) is 6.17. The summed E-state index contributed by atoms with van der Waals surface area (Å²) in [4.78, 5) is 14.6. The molecule has 1 aromatic carbocycles. The minimum absolute atomic E-state index is 0.340. The summed E-state index contributed by atoms with van der Waals surface area (Å²) in [5.41, 5.74) is 7.75. The van der Waals surface area contributed by atoms with Crippen molar-refractivity contribution in [1.29, 1.82) is 0 Å². The highest BCUT2D eigenvalue weighted by atomic mass is 35.5. The summed E-state index contributed by atoms with van der Waals surface area (Å²) < 4.78 is 4.89. The van der Waals surface area contributed by atoms with Crippen molar-refractivity contribution in [3.63, 3.8) is 0 Å². The predicted molar refractivity (Wildman–Crippen MR) is 71.6 cm³/mol. The molecule has 0 aliphatic rings. The van der Waals surface area contributed by atoms with Gasteiger partial charge in [-0.25, -0.2) is 0 Å². The lowest BCUT2D eigenvalue weighted by molar-refractivity contribution is -0.144. The van der Waals surface area contributed by atoms with Crippen molar-refractivity contribution in [2.24, 2.45) is 5.73 Å². The van der Waals surface area contributed by atoms with Gasteiger partial charge in [-0.2, -0.15) is 0 Å². The fourth-order valence-corrected chi connectivity index (χ4v) is 2.06. The number of fused-ring (bicyclic) bond motifs is 1. The molecule has 0 aliphatic carbocycles. The Hall–Kier alpha value is -1.52. The Morgan fingerprint density at radius 3 is 3.06 bits per heavy atom. The van der Waals surface area contributed by atoms with Crippen LogP contribution in [0.2, 0.25) is 5.02 Å². The molecule has 1 atom stereocenters. The largest absolute Gasteiger partial charge is 0.465 e. The molecule has 4 nitrogen and oxygen atoms in total. The summed E-state index contributed by atoms with van der Waals surface area (Å²) in [6.45, 7) is 2.10. The monoisotopic (exact) mass is 266 g/mol. The van der Waals surface area contributed by atoms with Crippen LogP contribution in [0.15, 0.2) is 24.4 Å². The maximum Gasteiger partial charge on any atom is 0.323 e. The number of halogens is 1. The highest BCUT2D eigenvalue weighted by Crippen LogP contribution is 2.23. The van der Waals surface area contributed by atoms with Crippen LogP contribution in [0.25, 0.3) is 10.9 Å². The van der Waals surface area contributed by atoms with Gasteiger partial charge in [0.05, 0.1) is 6.61 Å². The molecule has 3 N–H and O–H groups in total. The maximum atomic E-state index is 11.5. The summed E-state index contributed by atoms with van der Waals surface area (Å²) in [6, 6.07) is 4.93. The van der Waals surface area contributed by atoms with E-state index in [2.05, 4.69) is 4.98 Å². The van der Waals surface area contributed by atoms with Gasteiger partial charge in [0.2, 0.25) is 0 Å². The molecule has 18 heavy (non-hydrogen) atoms. The Morgan fingerprint density at radius 1 is 1.56 bits per heavy atom. The number of aromatic amines is 1. The van der Waals surface area contributed by atoms with E-state index in [9.17, 15) is 4.79 Å². The maximum absolute atomic E-state index is 11.5. The normalized spacial score (nSPS) is 12.6. The van der Waals surface area contributed by atoms with Crippen LogP contribution in [0.3, 0.4) is 0 Å². The van der Waals surface area contributed by atoms with Crippen molar-refractivity contribution < 1.29 is 9.53 Å². The molecule has 0 aliphatic heterocycles. The van der Waals surface area contributed by atoms with Crippen LogP contribution in [-0.4, -0.2) is 23.6 Å². The molecule has 96 valence electrons. The molecule has 1 unspecified atom stereocenters. The zero-order valence-electron chi connectivity index (χ0n) is 10.1. The Balaban J connectivity index is 2.21. The molecule has 0 bridgehead atoms. The van der Waals surface area contributed by atoms with Crippen molar-refractivity contribution in [1.82, 2.24) is 4.98 Å². The molecule has 0 saturated heterocycles. The van der Waals surface area contributed by atoms with Gasteiger partial charge < -0.3 is 15.5 Å². The Morgan fingerprint density at radius 2 is 2.33 bits per heavy atom. The van der Waals surface area contributed by atoms with Gasteiger partial charge in [-0.05, 0) is 30.7 Å². The number of carbonyl (C=O) groups excluding carboxylic acids is 1. The number of nitrogens with two attached hydrogens (primary N) is 1. The average molecular weight is 267 g/mol. The van der Waals surface area contributed by atoms with Gasteiger partial charge in [-0.1, -0.05) is 11.6 Å². The number of hydrogen-bond donors (Lipinski definition) is 2. The SMILES string of the molecule is CCOC(=O)C(N)Cc1c[nH]c2ccc(Cl)cc12. The Kier molecular flexibility index (Phi) is 3.89. The number of ether oxygens (including phenoxy) is 1. The Bertz CT molecular complexity index is 565. The predicted octanol–water partition coefficient (Wildman–Crippen LogP) is 2.25. The second kappa shape index (κ2) is 5.42. The third-order valence-electron chi connectivity index (χ3n) is 2.76. The molecule has 2 rings (SSSR count). The van der Waals surface area contributed by atoms with E-state index in [-0.39, 0.29) is 5.97 Å². The quantitative estimate of drug-likeness (QED) is 0.834. The number of esters is 1. The third-order valence-corrected chi connectivity index (χ3v) is 2.99. The number of carbonyl (C=O) groups is 1. The van der Waals surface area contributed by atoms with E-state index in [1.165, 1.54) is 0 Å². The van der Waals surface area contributed by atoms with Gasteiger partial charge in [-0.3, -0.25) is 4.79 Å². The van der Waals surface area contributed by atoms with Crippen LogP contribution in [0.1, 0.15) is 12.5 Å². The fourth-order valence-electron chi connectivity index (χ4n) is 1.89. The van der Waals surface area contributed by atoms with Crippen LogP contribution in [0.5, 0.6) is 0 Å². The third kappa shape index (κ3) is 2.66. The standard InChI is InChI=1S/C13H15ClN2O2/c1-2-18-13(17)11(15)5-8-7-16-12-4-3-9(14)6-10(8)12/h3-4,6-7,11,16H,2,5,15H2,1H3. The molecular weight excluding hydrogens is 252 g/mol. The number of rotatable bonds is 4. The molecule has 5 heteroatoms. The summed E-state index contributed by atoms with van der Waals surface area (Å²) in [7, 11) is 0. The molecule has 0 spiro atoms. The second-order valence-electron chi connectivity index (χ2n) is 4.07. The first-order chi connectivity index (χ1) is 8.61. The molecule has 0 saturated carbocycles. The van der Waals surface area contributed by atoms with E-state index < -0.39 is 6.04 Å². The summed E-state index contributed by atoms with van der Waals surface area (Å²) in [5, 5.41) is 1.65. The molecular formula is C13H15ClN2O2. The van der Waals surface area contributed by atoms with Gasteiger partial charge >= 0.3 is 5.97 Å². The van der Waals surface area contributed by atoms with Gasteiger partial charge in [0.1, 0.15) is 6.04 Å².